The fourth-order valence-electron chi connectivity index (χ4n) is 2.29. The van der Waals surface area contributed by atoms with Gasteiger partial charge in [0.25, 0.3) is 0 Å². The minimum Gasteiger partial charge on any atom is -0.483 e. The van der Waals surface area contributed by atoms with E-state index in [0.717, 1.165) is 12.8 Å². The summed E-state index contributed by atoms with van der Waals surface area (Å²) in [6, 6.07) is 0. The van der Waals surface area contributed by atoms with Gasteiger partial charge in [-0.25, -0.2) is 4.79 Å². The lowest BCUT2D eigenvalue weighted by molar-refractivity contribution is -0.172. The standard InChI is InChI=1S/C11H16O4/c1-13-10(12)11(5-2-3-6-15-11)9-4-7-14-8-9/h3,6,9H,2,4-5,7-8H2,1H3. The molecule has 0 aromatic heterocycles. The summed E-state index contributed by atoms with van der Waals surface area (Å²) < 4.78 is 15.7. The van der Waals surface area contributed by atoms with Crippen LogP contribution in [0.1, 0.15) is 19.3 Å². The van der Waals surface area contributed by atoms with Crippen LogP contribution in [0.5, 0.6) is 0 Å². The summed E-state index contributed by atoms with van der Waals surface area (Å²) in [7, 11) is 1.40. The zero-order chi connectivity index (χ0) is 10.7. The van der Waals surface area contributed by atoms with Gasteiger partial charge in [-0.15, -0.1) is 0 Å². The molecule has 2 heterocycles. The molecule has 4 heteroatoms. The Kier molecular flexibility index (Phi) is 2.95. The van der Waals surface area contributed by atoms with Gasteiger partial charge in [0.05, 0.1) is 20.0 Å². The molecule has 0 saturated carbocycles. The van der Waals surface area contributed by atoms with Gasteiger partial charge in [0.2, 0.25) is 5.60 Å². The molecule has 2 atom stereocenters. The lowest BCUT2D eigenvalue weighted by Crippen LogP contribution is -2.49. The van der Waals surface area contributed by atoms with Crippen LogP contribution in [-0.2, 0) is 19.0 Å². The lowest BCUT2D eigenvalue weighted by Gasteiger charge is -2.36. The molecule has 4 nitrogen and oxygen atoms in total. The number of methoxy groups -OCH3 is 1. The van der Waals surface area contributed by atoms with Crippen LogP contribution >= 0.6 is 0 Å². The number of hydrogen-bond acceptors (Lipinski definition) is 4. The zero-order valence-corrected chi connectivity index (χ0v) is 8.90. The van der Waals surface area contributed by atoms with Crippen molar-refractivity contribution in [1.29, 1.82) is 0 Å². The first-order valence-electron chi connectivity index (χ1n) is 5.28. The highest BCUT2D eigenvalue weighted by molar-refractivity contribution is 5.80. The SMILES string of the molecule is COC(=O)C1(C2CCOC2)CCC=CO1. The average molecular weight is 212 g/mol. The lowest BCUT2D eigenvalue weighted by atomic mass is 9.81. The molecule has 0 aromatic carbocycles. The summed E-state index contributed by atoms with van der Waals surface area (Å²) in [6.45, 7) is 1.29. The van der Waals surface area contributed by atoms with E-state index in [1.54, 1.807) is 6.26 Å². The van der Waals surface area contributed by atoms with E-state index in [9.17, 15) is 4.79 Å². The Morgan fingerprint density at radius 3 is 3.00 bits per heavy atom. The maximum atomic E-state index is 11.8. The molecule has 2 aliphatic heterocycles. The van der Waals surface area contributed by atoms with Gasteiger partial charge < -0.3 is 14.2 Å². The molecule has 0 aliphatic carbocycles. The molecule has 0 N–H and O–H groups in total. The molecule has 1 fully saturated rings. The van der Waals surface area contributed by atoms with Crippen LogP contribution in [0.15, 0.2) is 12.3 Å². The predicted octanol–water partition coefficient (Wildman–Crippen LogP) is 1.26. The second-order valence-electron chi connectivity index (χ2n) is 3.97. The Morgan fingerprint density at radius 1 is 1.60 bits per heavy atom. The third-order valence-corrected chi connectivity index (χ3v) is 3.18. The second kappa shape index (κ2) is 4.23. The Balaban J connectivity index is 2.21. The molecule has 0 aromatic rings. The summed E-state index contributed by atoms with van der Waals surface area (Å²) in [5, 5.41) is 0. The molecular formula is C11H16O4. The number of esters is 1. The molecule has 0 spiro atoms. The molecule has 2 rings (SSSR count). The minimum absolute atomic E-state index is 0.120. The molecule has 84 valence electrons. The molecule has 0 amide bonds. The van der Waals surface area contributed by atoms with Crippen LogP contribution in [-0.4, -0.2) is 31.9 Å². The number of carbonyl (C=O) groups is 1. The molecular weight excluding hydrogens is 196 g/mol. The summed E-state index contributed by atoms with van der Waals surface area (Å²) in [5.41, 5.74) is -0.806. The topological polar surface area (TPSA) is 44.8 Å². The van der Waals surface area contributed by atoms with Crippen molar-refractivity contribution in [1.82, 2.24) is 0 Å². The molecule has 15 heavy (non-hydrogen) atoms. The fourth-order valence-corrected chi connectivity index (χ4v) is 2.29. The van der Waals surface area contributed by atoms with E-state index >= 15 is 0 Å². The van der Waals surface area contributed by atoms with E-state index in [2.05, 4.69) is 0 Å². The first kappa shape index (κ1) is 10.5. The Morgan fingerprint density at radius 2 is 2.47 bits per heavy atom. The Hall–Kier alpha value is -1.03. The highest BCUT2D eigenvalue weighted by Crippen LogP contribution is 2.37. The zero-order valence-electron chi connectivity index (χ0n) is 8.90. The predicted molar refractivity (Wildman–Crippen MR) is 53.1 cm³/mol. The Labute approximate surface area is 89.2 Å². The average Bonchev–Trinajstić information content (AvgIpc) is 2.83. The van der Waals surface area contributed by atoms with Crippen LogP contribution < -0.4 is 0 Å². The summed E-state index contributed by atoms with van der Waals surface area (Å²) in [5.74, 6) is -0.155. The monoisotopic (exact) mass is 212 g/mol. The van der Waals surface area contributed by atoms with Crippen molar-refractivity contribution in [2.75, 3.05) is 20.3 Å². The van der Waals surface area contributed by atoms with Crippen LogP contribution in [0.3, 0.4) is 0 Å². The number of allylic oxidation sites excluding steroid dienone is 1. The van der Waals surface area contributed by atoms with Crippen molar-refractivity contribution in [3.8, 4) is 0 Å². The number of carbonyl (C=O) groups excluding carboxylic acids is 1. The van der Waals surface area contributed by atoms with E-state index in [4.69, 9.17) is 14.2 Å². The van der Waals surface area contributed by atoms with Crippen LogP contribution in [0.2, 0.25) is 0 Å². The third-order valence-electron chi connectivity index (χ3n) is 3.18. The Bertz CT molecular complexity index is 268. The highest BCUT2D eigenvalue weighted by Gasteiger charge is 2.50. The molecule has 0 bridgehead atoms. The molecule has 1 saturated heterocycles. The molecule has 2 unspecified atom stereocenters. The van der Waals surface area contributed by atoms with Gasteiger partial charge >= 0.3 is 5.97 Å². The van der Waals surface area contributed by atoms with Crippen molar-refractivity contribution in [3.05, 3.63) is 12.3 Å². The first-order valence-corrected chi connectivity index (χ1v) is 5.28. The van der Waals surface area contributed by atoms with Crippen molar-refractivity contribution in [3.63, 3.8) is 0 Å². The highest BCUT2D eigenvalue weighted by atomic mass is 16.6. The van der Waals surface area contributed by atoms with Crippen molar-refractivity contribution >= 4 is 5.97 Å². The maximum Gasteiger partial charge on any atom is 0.350 e. The van der Waals surface area contributed by atoms with Crippen molar-refractivity contribution in [2.24, 2.45) is 5.92 Å². The van der Waals surface area contributed by atoms with Gasteiger partial charge in [-0.1, -0.05) is 0 Å². The largest absolute Gasteiger partial charge is 0.483 e. The van der Waals surface area contributed by atoms with E-state index in [-0.39, 0.29) is 11.9 Å². The van der Waals surface area contributed by atoms with Gasteiger partial charge in [-0.05, 0) is 18.9 Å². The summed E-state index contributed by atoms with van der Waals surface area (Å²) in [4.78, 5) is 11.8. The van der Waals surface area contributed by atoms with E-state index in [0.29, 0.717) is 19.6 Å². The van der Waals surface area contributed by atoms with Gasteiger partial charge in [0, 0.05) is 18.9 Å². The van der Waals surface area contributed by atoms with Gasteiger partial charge in [-0.2, -0.15) is 0 Å². The first-order chi connectivity index (χ1) is 7.29. The van der Waals surface area contributed by atoms with Gasteiger partial charge in [0.1, 0.15) is 0 Å². The van der Waals surface area contributed by atoms with Crippen LogP contribution in [0, 0.1) is 5.92 Å². The molecule has 0 radical (unpaired) electrons. The van der Waals surface area contributed by atoms with E-state index < -0.39 is 5.60 Å². The van der Waals surface area contributed by atoms with Crippen LogP contribution in [0.25, 0.3) is 0 Å². The number of rotatable bonds is 2. The second-order valence-corrected chi connectivity index (χ2v) is 3.97. The van der Waals surface area contributed by atoms with E-state index in [1.807, 2.05) is 6.08 Å². The van der Waals surface area contributed by atoms with Crippen molar-refractivity contribution < 1.29 is 19.0 Å². The van der Waals surface area contributed by atoms with E-state index in [1.165, 1.54) is 7.11 Å². The minimum atomic E-state index is -0.806. The quantitative estimate of drug-likeness (QED) is 0.646. The smallest absolute Gasteiger partial charge is 0.350 e. The fraction of sp³-hybridized carbons (Fsp3) is 0.727. The van der Waals surface area contributed by atoms with Crippen molar-refractivity contribution in [2.45, 2.75) is 24.9 Å². The molecule has 2 aliphatic rings. The summed E-state index contributed by atoms with van der Waals surface area (Å²) in [6.07, 6.45) is 5.94. The number of hydrogen-bond donors (Lipinski definition) is 0. The maximum absolute atomic E-state index is 11.8. The number of ether oxygens (including phenoxy) is 3. The van der Waals surface area contributed by atoms with Crippen LogP contribution in [0.4, 0.5) is 0 Å². The normalized spacial score (nSPS) is 34.9. The third kappa shape index (κ3) is 1.74. The van der Waals surface area contributed by atoms with Gasteiger partial charge in [-0.3, -0.25) is 0 Å². The summed E-state index contributed by atoms with van der Waals surface area (Å²) >= 11 is 0. The van der Waals surface area contributed by atoms with Gasteiger partial charge in [0.15, 0.2) is 0 Å².